The van der Waals surface area contributed by atoms with E-state index in [1.165, 1.54) is 6.92 Å². The highest BCUT2D eigenvalue weighted by molar-refractivity contribution is 6.36. The zero-order valence-corrected chi connectivity index (χ0v) is 25.6. The quantitative estimate of drug-likeness (QED) is 0.354. The van der Waals surface area contributed by atoms with E-state index in [1.54, 1.807) is 0 Å². The second-order valence-corrected chi connectivity index (χ2v) is 13.5. The van der Waals surface area contributed by atoms with Gasteiger partial charge in [0.15, 0.2) is 11.6 Å². The van der Waals surface area contributed by atoms with Crippen LogP contribution in [0.2, 0.25) is 5.02 Å². The summed E-state index contributed by atoms with van der Waals surface area (Å²) in [5.74, 6) is -0.834. The molecule has 4 atom stereocenters. The third-order valence-corrected chi connectivity index (χ3v) is 10.7. The average molecular weight is 664 g/mol. The SMILES string of the molecule is Cc1cc(N)nc(-c2c(Cl)c3c4c(nc(OC[C@@]56CCCN5C/C(=C\F)C6)nc4c2F)N2C[C@H]4C[C@H](CN4)[C@H]2CO3)c1C(F)(F)F. The van der Waals surface area contributed by atoms with Gasteiger partial charge < -0.3 is 25.4 Å². The molecule has 7 heterocycles. The Hall–Kier alpha value is -3.49. The number of fused-ring (bicyclic) bond motifs is 6. The fourth-order valence-corrected chi connectivity index (χ4v) is 8.61. The van der Waals surface area contributed by atoms with Crippen molar-refractivity contribution in [1.82, 2.24) is 25.2 Å². The molecule has 2 bridgehead atoms. The van der Waals surface area contributed by atoms with Crippen molar-refractivity contribution in [2.45, 2.75) is 56.4 Å². The Labute approximate surface area is 265 Å². The third kappa shape index (κ3) is 4.50. The molecule has 3 N–H and O–H groups in total. The van der Waals surface area contributed by atoms with Gasteiger partial charge in [-0.2, -0.15) is 23.1 Å². The molecule has 0 spiro atoms. The first kappa shape index (κ1) is 29.9. The van der Waals surface area contributed by atoms with Crippen molar-refractivity contribution < 1.29 is 31.4 Å². The summed E-state index contributed by atoms with van der Waals surface area (Å²) in [6.45, 7) is 4.10. The Morgan fingerprint density at radius 2 is 2.11 bits per heavy atom. The minimum absolute atomic E-state index is 0.0167. The number of hydrogen-bond donors (Lipinski definition) is 2. The molecule has 4 fully saturated rings. The molecule has 5 aliphatic heterocycles. The molecule has 0 unspecified atom stereocenters. The summed E-state index contributed by atoms with van der Waals surface area (Å²) >= 11 is 6.81. The minimum Gasteiger partial charge on any atom is -0.489 e. The molecule has 2 aromatic heterocycles. The standard InChI is InChI=1S/C31H31ClF5N7O2/c1-14-5-19(38)40-25(22(14)31(35,36)37)20-23(32)27-21-26(24(20)34)41-29(46-13-30-3-2-4-43(30)10-15(7-30)8-33)42-28(21)44-11-17-6-16(9-39-17)18(44)12-45-27/h5,8,16-18,39H,2-4,6-7,9-13H2,1H3,(H2,38,40)/b15-8-/t16-,17-,18-,30+/m1/s1. The number of rotatable bonds is 4. The molecule has 0 amide bonds. The van der Waals surface area contributed by atoms with Crippen LogP contribution in [0.25, 0.3) is 22.2 Å². The second kappa shape index (κ2) is 10.5. The summed E-state index contributed by atoms with van der Waals surface area (Å²) in [5, 5.41) is 3.29. The van der Waals surface area contributed by atoms with Gasteiger partial charge in [0.05, 0.1) is 45.1 Å². The van der Waals surface area contributed by atoms with Crippen molar-refractivity contribution in [3.63, 3.8) is 0 Å². The number of benzene rings is 1. The van der Waals surface area contributed by atoms with E-state index in [9.17, 15) is 17.6 Å². The molecule has 15 heteroatoms. The summed E-state index contributed by atoms with van der Waals surface area (Å²) in [7, 11) is 0. The second-order valence-electron chi connectivity index (χ2n) is 13.1. The molecule has 3 aromatic rings. The van der Waals surface area contributed by atoms with Gasteiger partial charge in [0, 0.05) is 25.7 Å². The summed E-state index contributed by atoms with van der Waals surface area (Å²) in [4.78, 5) is 17.4. The maximum Gasteiger partial charge on any atom is 0.418 e. The number of anilines is 2. The van der Waals surface area contributed by atoms with E-state index in [-0.39, 0.29) is 70.3 Å². The first-order valence-corrected chi connectivity index (χ1v) is 15.7. The monoisotopic (exact) mass is 663 g/mol. The van der Waals surface area contributed by atoms with Crippen LogP contribution in [0.5, 0.6) is 11.8 Å². The van der Waals surface area contributed by atoms with Crippen LogP contribution in [-0.2, 0) is 6.18 Å². The average Bonchev–Trinajstić information content (AvgIpc) is 3.64. The predicted molar refractivity (Wildman–Crippen MR) is 161 cm³/mol. The molecule has 0 saturated carbocycles. The smallest absolute Gasteiger partial charge is 0.418 e. The van der Waals surface area contributed by atoms with Gasteiger partial charge in [0.1, 0.15) is 30.4 Å². The van der Waals surface area contributed by atoms with E-state index in [2.05, 4.69) is 20.2 Å². The predicted octanol–water partition coefficient (Wildman–Crippen LogP) is 5.42. The molecular formula is C31H31ClF5N7O2. The van der Waals surface area contributed by atoms with Crippen LogP contribution < -0.4 is 25.4 Å². The summed E-state index contributed by atoms with van der Waals surface area (Å²) in [6.07, 6.45) is -1.15. The fraction of sp³-hybridized carbons (Fsp3) is 0.516. The number of nitrogens with one attached hydrogen (secondary N) is 1. The van der Waals surface area contributed by atoms with Gasteiger partial charge in [-0.05, 0) is 62.3 Å². The van der Waals surface area contributed by atoms with Crippen molar-refractivity contribution in [3.05, 3.63) is 39.9 Å². The maximum absolute atomic E-state index is 16.9. The van der Waals surface area contributed by atoms with Crippen LogP contribution in [-0.4, -0.2) is 76.9 Å². The van der Waals surface area contributed by atoms with Crippen LogP contribution in [0.4, 0.5) is 33.6 Å². The number of nitrogen functional groups attached to an aromatic ring is 1. The van der Waals surface area contributed by atoms with E-state index in [0.29, 0.717) is 37.2 Å². The highest BCUT2D eigenvalue weighted by Gasteiger charge is 2.48. The molecule has 1 aromatic carbocycles. The van der Waals surface area contributed by atoms with E-state index in [4.69, 9.17) is 31.8 Å². The van der Waals surface area contributed by atoms with Crippen LogP contribution in [0.3, 0.4) is 0 Å². The van der Waals surface area contributed by atoms with Crippen molar-refractivity contribution in [2.24, 2.45) is 5.92 Å². The Morgan fingerprint density at radius 1 is 1.28 bits per heavy atom. The van der Waals surface area contributed by atoms with Gasteiger partial charge >= 0.3 is 12.2 Å². The number of halogens is 6. The normalized spacial score (nSPS) is 28.0. The van der Waals surface area contributed by atoms with Gasteiger partial charge in [-0.25, -0.2) is 13.8 Å². The highest BCUT2D eigenvalue weighted by Crippen LogP contribution is 2.52. The Kier molecular flexibility index (Phi) is 6.83. The molecule has 4 saturated heterocycles. The largest absolute Gasteiger partial charge is 0.489 e. The summed E-state index contributed by atoms with van der Waals surface area (Å²) < 4.78 is 86.2. The van der Waals surface area contributed by atoms with Gasteiger partial charge in [0.2, 0.25) is 0 Å². The van der Waals surface area contributed by atoms with E-state index < -0.39 is 34.4 Å². The first-order chi connectivity index (χ1) is 22.0. The van der Waals surface area contributed by atoms with Gasteiger partial charge in [-0.3, -0.25) is 4.90 Å². The number of nitrogens with zero attached hydrogens (tertiary/aromatic N) is 5. The molecule has 0 aliphatic carbocycles. The number of pyridine rings is 1. The molecular weight excluding hydrogens is 633 g/mol. The number of ether oxygens (including phenoxy) is 2. The van der Waals surface area contributed by atoms with Gasteiger partial charge in [-0.1, -0.05) is 11.6 Å². The number of piperidine rings is 1. The summed E-state index contributed by atoms with van der Waals surface area (Å²) in [5.41, 5.74) is 3.05. The fourth-order valence-electron chi connectivity index (χ4n) is 8.29. The van der Waals surface area contributed by atoms with Crippen LogP contribution >= 0.6 is 11.6 Å². The Bertz CT molecular complexity index is 1810. The molecule has 0 radical (unpaired) electrons. The Morgan fingerprint density at radius 3 is 2.89 bits per heavy atom. The van der Waals surface area contributed by atoms with Crippen LogP contribution in [0.1, 0.15) is 36.8 Å². The zero-order valence-electron chi connectivity index (χ0n) is 24.9. The number of nitrogens with two attached hydrogens (primary N) is 1. The van der Waals surface area contributed by atoms with Crippen molar-refractivity contribution in [3.8, 4) is 23.0 Å². The lowest BCUT2D eigenvalue weighted by molar-refractivity contribution is -0.137. The molecule has 9 nitrogen and oxygen atoms in total. The van der Waals surface area contributed by atoms with Crippen LogP contribution in [0.15, 0.2) is 18.0 Å². The lowest BCUT2D eigenvalue weighted by Gasteiger charge is -2.39. The molecule has 244 valence electrons. The summed E-state index contributed by atoms with van der Waals surface area (Å²) in [6, 6.07) is 0.942. The van der Waals surface area contributed by atoms with Gasteiger partial charge in [0.25, 0.3) is 0 Å². The van der Waals surface area contributed by atoms with Gasteiger partial charge in [-0.15, -0.1) is 0 Å². The van der Waals surface area contributed by atoms with E-state index in [1.807, 2.05) is 4.90 Å². The molecule has 5 aliphatic rings. The third-order valence-electron chi connectivity index (χ3n) is 10.3. The first-order valence-electron chi connectivity index (χ1n) is 15.3. The van der Waals surface area contributed by atoms with E-state index in [0.717, 1.165) is 38.4 Å². The molecule has 46 heavy (non-hydrogen) atoms. The van der Waals surface area contributed by atoms with Crippen LogP contribution in [0, 0.1) is 18.7 Å². The van der Waals surface area contributed by atoms with Crippen molar-refractivity contribution in [1.29, 1.82) is 0 Å². The Balaban J connectivity index is 1.33. The lowest BCUT2D eigenvalue weighted by Crippen LogP contribution is -2.51. The number of aromatic nitrogens is 3. The lowest BCUT2D eigenvalue weighted by atomic mass is 9.91. The zero-order chi connectivity index (χ0) is 32.1. The topological polar surface area (TPSA) is 102 Å². The number of alkyl halides is 3. The highest BCUT2D eigenvalue weighted by atomic mass is 35.5. The minimum atomic E-state index is -4.89. The maximum atomic E-state index is 16.9. The number of hydrogen-bond acceptors (Lipinski definition) is 9. The van der Waals surface area contributed by atoms with E-state index >= 15 is 4.39 Å². The van der Waals surface area contributed by atoms with Crippen molar-refractivity contribution >= 4 is 34.1 Å². The van der Waals surface area contributed by atoms with Crippen molar-refractivity contribution in [2.75, 3.05) is 50.0 Å². The number of aryl methyl sites for hydroxylation is 1. The molecule has 8 rings (SSSR count).